The van der Waals surface area contributed by atoms with Crippen LogP contribution in [0.25, 0.3) is 0 Å². The quantitative estimate of drug-likeness (QED) is 0.687. The molecule has 0 saturated carbocycles. The summed E-state index contributed by atoms with van der Waals surface area (Å²) >= 11 is 1.67. The minimum Gasteiger partial charge on any atom is -0.326 e. The number of hydrogen-bond donors (Lipinski definition) is 1. The highest BCUT2D eigenvalue weighted by Gasteiger charge is 2.05. The molecule has 0 fully saturated rings. The first kappa shape index (κ1) is 14.0. The smallest absolute Gasteiger partial charge is 0.188 e. The van der Waals surface area contributed by atoms with E-state index >= 15 is 0 Å². The van der Waals surface area contributed by atoms with Gasteiger partial charge in [-0.15, -0.1) is 0 Å². The van der Waals surface area contributed by atoms with Crippen molar-refractivity contribution in [2.24, 2.45) is 5.73 Å². The average molecular weight is 273 g/mol. The largest absolute Gasteiger partial charge is 0.326 e. The van der Waals surface area contributed by atoms with Crippen molar-refractivity contribution in [3.05, 3.63) is 52.3 Å². The van der Waals surface area contributed by atoms with Gasteiger partial charge in [0.1, 0.15) is 0 Å². The van der Waals surface area contributed by atoms with E-state index in [1.54, 1.807) is 11.8 Å². The van der Waals surface area contributed by atoms with Crippen LogP contribution in [0.2, 0.25) is 0 Å². The van der Waals surface area contributed by atoms with Crippen molar-refractivity contribution in [2.45, 2.75) is 38.2 Å². The average Bonchev–Trinajstić information content (AvgIpc) is 2.42. The monoisotopic (exact) mass is 273 g/mol. The lowest BCUT2D eigenvalue weighted by Gasteiger charge is -2.07. The molecule has 2 aromatic rings. The van der Waals surface area contributed by atoms with Gasteiger partial charge in [-0.25, -0.2) is 9.97 Å². The van der Waals surface area contributed by atoms with Crippen LogP contribution in [-0.4, -0.2) is 9.97 Å². The zero-order valence-electron chi connectivity index (χ0n) is 11.6. The molecule has 0 bridgehead atoms. The first-order valence-electron chi connectivity index (χ1n) is 6.32. The van der Waals surface area contributed by atoms with Crippen molar-refractivity contribution >= 4 is 11.8 Å². The number of thioether (sulfide) groups is 1. The van der Waals surface area contributed by atoms with E-state index in [4.69, 9.17) is 5.73 Å². The Labute approximate surface area is 118 Å². The Morgan fingerprint density at radius 3 is 2.32 bits per heavy atom. The Kier molecular flexibility index (Phi) is 4.56. The van der Waals surface area contributed by atoms with Gasteiger partial charge in [-0.1, -0.05) is 36.0 Å². The number of rotatable bonds is 4. The standard InChI is InChI=1S/C15H19N3S/c1-10-11(2)17-15(18-12(10)3)19-9-14-6-4-5-13(7-14)8-16/h4-7H,8-9,16H2,1-3H3. The van der Waals surface area contributed by atoms with Gasteiger partial charge in [0.05, 0.1) is 0 Å². The second kappa shape index (κ2) is 6.17. The fourth-order valence-corrected chi connectivity index (χ4v) is 2.68. The molecule has 0 atom stereocenters. The minimum absolute atomic E-state index is 0.581. The molecular weight excluding hydrogens is 254 g/mol. The van der Waals surface area contributed by atoms with Crippen LogP contribution in [0.3, 0.4) is 0 Å². The van der Waals surface area contributed by atoms with Crippen molar-refractivity contribution < 1.29 is 0 Å². The summed E-state index contributed by atoms with van der Waals surface area (Å²) in [7, 11) is 0. The molecule has 0 amide bonds. The van der Waals surface area contributed by atoms with Gasteiger partial charge < -0.3 is 5.73 Å². The fraction of sp³-hybridized carbons (Fsp3) is 0.333. The van der Waals surface area contributed by atoms with Gasteiger partial charge in [-0.2, -0.15) is 0 Å². The van der Waals surface area contributed by atoms with E-state index in [9.17, 15) is 0 Å². The van der Waals surface area contributed by atoms with E-state index in [2.05, 4.69) is 29.0 Å². The number of nitrogens with zero attached hydrogens (tertiary/aromatic N) is 2. The van der Waals surface area contributed by atoms with Crippen molar-refractivity contribution in [3.8, 4) is 0 Å². The molecule has 0 unspecified atom stereocenters. The van der Waals surface area contributed by atoms with Crippen molar-refractivity contribution in [3.63, 3.8) is 0 Å². The lowest BCUT2D eigenvalue weighted by Crippen LogP contribution is -1.99. The van der Waals surface area contributed by atoms with Gasteiger partial charge >= 0.3 is 0 Å². The van der Waals surface area contributed by atoms with Gasteiger partial charge in [0.2, 0.25) is 0 Å². The summed E-state index contributed by atoms with van der Waals surface area (Å²) in [5, 5.41) is 0.846. The first-order chi connectivity index (χ1) is 9.10. The van der Waals surface area contributed by atoms with Crippen LogP contribution in [0.5, 0.6) is 0 Å². The zero-order valence-corrected chi connectivity index (χ0v) is 12.4. The second-order valence-corrected chi connectivity index (χ2v) is 5.56. The molecule has 0 aliphatic carbocycles. The highest BCUT2D eigenvalue weighted by molar-refractivity contribution is 7.98. The van der Waals surface area contributed by atoms with Crippen molar-refractivity contribution in [1.29, 1.82) is 0 Å². The highest BCUT2D eigenvalue weighted by atomic mass is 32.2. The van der Waals surface area contributed by atoms with Crippen LogP contribution in [-0.2, 0) is 12.3 Å². The topological polar surface area (TPSA) is 51.8 Å². The molecule has 0 spiro atoms. The maximum atomic E-state index is 5.65. The summed E-state index contributed by atoms with van der Waals surface area (Å²) < 4.78 is 0. The lowest BCUT2D eigenvalue weighted by molar-refractivity contribution is 0.880. The lowest BCUT2D eigenvalue weighted by atomic mass is 10.1. The third-order valence-corrected chi connectivity index (χ3v) is 4.13. The number of nitrogens with two attached hydrogens (primary N) is 1. The van der Waals surface area contributed by atoms with E-state index in [1.807, 2.05) is 26.0 Å². The maximum absolute atomic E-state index is 5.65. The van der Waals surface area contributed by atoms with Crippen LogP contribution in [0.15, 0.2) is 29.4 Å². The fourth-order valence-electron chi connectivity index (χ4n) is 1.80. The van der Waals surface area contributed by atoms with Crippen LogP contribution in [0.1, 0.15) is 28.1 Å². The Bertz CT molecular complexity index is 558. The zero-order chi connectivity index (χ0) is 13.8. The Balaban J connectivity index is 2.10. The van der Waals surface area contributed by atoms with E-state index in [0.29, 0.717) is 6.54 Å². The summed E-state index contributed by atoms with van der Waals surface area (Å²) in [6, 6.07) is 8.34. The SMILES string of the molecule is Cc1nc(SCc2cccc(CN)c2)nc(C)c1C. The minimum atomic E-state index is 0.581. The molecule has 3 nitrogen and oxygen atoms in total. The molecule has 4 heteroatoms. The van der Waals surface area contributed by atoms with Gasteiger partial charge in [0.15, 0.2) is 5.16 Å². The molecule has 0 radical (unpaired) electrons. The molecule has 100 valence electrons. The van der Waals surface area contributed by atoms with E-state index in [0.717, 1.165) is 27.9 Å². The van der Waals surface area contributed by atoms with E-state index < -0.39 is 0 Å². The third kappa shape index (κ3) is 3.55. The second-order valence-electron chi connectivity index (χ2n) is 4.61. The Morgan fingerprint density at radius 2 is 1.68 bits per heavy atom. The van der Waals surface area contributed by atoms with Gasteiger partial charge in [-0.3, -0.25) is 0 Å². The normalized spacial score (nSPS) is 10.7. The molecule has 0 saturated heterocycles. The number of benzene rings is 1. The molecule has 0 aliphatic rings. The highest BCUT2D eigenvalue weighted by Crippen LogP contribution is 2.21. The predicted molar refractivity (Wildman–Crippen MR) is 80.1 cm³/mol. The third-order valence-electron chi connectivity index (χ3n) is 3.21. The summed E-state index contributed by atoms with van der Waals surface area (Å²) in [5.74, 6) is 0.871. The van der Waals surface area contributed by atoms with Gasteiger partial charge in [0.25, 0.3) is 0 Å². The molecule has 2 rings (SSSR count). The van der Waals surface area contributed by atoms with E-state index in [-0.39, 0.29) is 0 Å². The van der Waals surface area contributed by atoms with Crippen LogP contribution >= 0.6 is 11.8 Å². The predicted octanol–water partition coefficient (Wildman–Crippen LogP) is 3.15. The number of hydrogen-bond acceptors (Lipinski definition) is 4. The number of aromatic nitrogens is 2. The van der Waals surface area contributed by atoms with Gasteiger partial charge in [0, 0.05) is 23.7 Å². The molecule has 0 aliphatic heterocycles. The molecule has 1 aromatic heterocycles. The molecule has 1 heterocycles. The molecule has 2 N–H and O–H groups in total. The molecule has 19 heavy (non-hydrogen) atoms. The molecular formula is C15H19N3S. The van der Waals surface area contributed by atoms with Crippen molar-refractivity contribution in [1.82, 2.24) is 9.97 Å². The summed E-state index contributed by atoms with van der Waals surface area (Å²) in [6.07, 6.45) is 0. The maximum Gasteiger partial charge on any atom is 0.188 e. The molecule has 1 aromatic carbocycles. The first-order valence-corrected chi connectivity index (χ1v) is 7.31. The van der Waals surface area contributed by atoms with Gasteiger partial charge in [-0.05, 0) is 37.5 Å². The van der Waals surface area contributed by atoms with Crippen molar-refractivity contribution in [2.75, 3.05) is 0 Å². The van der Waals surface area contributed by atoms with Crippen LogP contribution in [0, 0.1) is 20.8 Å². The summed E-state index contributed by atoms with van der Waals surface area (Å²) in [6.45, 7) is 6.70. The Morgan fingerprint density at radius 1 is 1.05 bits per heavy atom. The summed E-state index contributed by atoms with van der Waals surface area (Å²) in [4.78, 5) is 9.04. The Hall–Kier alpha value is -1.39. The van der Waals surface area contributed by atoms with E-state index in [1.165, 1.54) is 11.1 Å². The van der Waals surface area contributed by atoms with Crippen LogP contribution < -0.4 is 5.73 Å². The number of aryl methyl sites for hydroxylation is 2. The summed E-state index contributed by atoms with van der Waals surface area (Å²) in [5.41, 5.74) is 11.4. The van der Waals surface area contributed by atoms with Crippen LogP contribution in [0.4, 0.5) is 0 Å².